The topological polar surface area (TPSA) is 78.8 Å². The van der Waals surface area contributed by atoms with Gasteiger partial charge in [-0.15, -0.1) is 19.0 Å². The molecule has 1 unspecified atom stereocenters. The van der Waals surface area contributed by atoms with E-state index in [1.54, 1.807) is 0 Å². The maximum Gasteiger partial charge on any atom is 0.304 e. The Labute approximate surface area is 211 Å². The van der Waals surface area contributed by atoms with Crippen LogP contribution in [0.5, 0.6) is 5.75 Å². The van der Waals surface area contributed by atoms with E-state index in [1.807, 2.05) is 0 Å². The first kappa shape index (κ1) is 28.8. The van der Waals surface area contributed by atoms with Gasteiger partial charge in [-0.25, -0.2) is 4.39 Å². The van der Waals surface area contributed by atoms with E-state index < -0.39 is 29.6 Å². The normalized spacial score (nSPS) is 15.1. The summed E-state index contributed by atoms with van der Waals surface area (Å²) >= 11 is 0. The van der Waals surface area contributed by atoms with Crippen LogP contribution in [0.15, 0.2) is 49.1 Å². The monoisotopic (exact) mass is 509 g/mol. The third kappa shape index (κ3) is 8.02. The molecule has 0 bridgehead atoms. The van der Waals surface area contributed by atoms with Crippen LogP contribution in [0.3, 0.4) is 0 Å². The number of rotatable bonds is 12. The molecular formula is C27H34ClF2NO4. The summed E-state index contributed by atoms with van der Waals surface area (Å²) in [6.45, 7) is 7.73. The third-order valence-corrected chi connectivity index (χ3v) is 6.31. The first-order valence-electron chi connectivity index (χ1n) is 11.5. The minimum absolute atomic E-state index is 0. The SMILES string of the molecule is C=CC(CC(=O)O)c1cc(F)c(F)c(OC[C@H](O)CNC(C)(C)CC2Cc3ccccc3C2)c1.Cl. The molecule has 0 aliphatic heterocycles. The summed E-state index contributed by atoms with van der Waals surface area (Å²) in [5, 5.41) is 22.8. The fourth-order valence-corrected chi connectivity index (χ4v) is 4.66. The van der Waals surface area contributed by atoms with Crippen LogP contribution < -0.4 is 10.1 Å². The number of hydrogen-bond acceptors (Lipinski definition) is 4. The summed E-state index contributed by atoms with van der Waals surface area (Å²) in [5.41, 5.74) is 2.82. The number of aliphatic hydroxyl groups is 1. The molecule has 2 atom stereocenters. The number of carboxylic acid groups (broad SMARTS) is 1. The second-order valence-electron chi connectivity index (χ2n) is 9.73. The van der Waals surface area contributed by atoms with Crippen LogP contribution in [0.1, 0.15) is 49.3 Å². The fourth-order valence-electron chi connectivity index (χ4n) is 4.66. The predicted molar refractivity (Wildman–Crippen MR) is 134 cm³/mol. The van der Waals surface area contributed by atoms with Crippen molar-refractivity contribution in [3.8, 4) is 5.75 Å². The Morgan fingerprint density at radius 1 is 1.26 bits per heavy atom. The number of carboxylic acids is 1. The first-order valence-corrected chi connectivity index (χ1v) is 11.5. The summed E-state index contributed by atoms with van der Waals surface area (Å²) in [6, 6.07) is 10.7. The number of aliphatic carboxylic acids is 1. The minimum Gasteiger partial charge on any atom is -0.488 e. The van der Waals surface area contributed by atoms with E-state index in [0.717, 1.165) is 25.3 Å². The van der Waals surface area contributed by atoms with Gasteiger partial charge in [0.2, 0.25) is 5.82 Å². The molecule has 192 valence electrons. The lowest BCUT2D eigenvalue weighted by Crippen LogP contribution is -2.46. The molecular weight excluding hydrogens is 476 g/mol. The molecule has 0 saturated heterocycles. The molecule has 0 fully saturated rings. The molecule has 2 aromatic carbocycles. The zero-order chi connectivity index (χ0) is 24.9. The van der Waals surface area contributed by atoms with E-state index in [2.05, 4.69) is 50.0 Å². The highest BCUT2D eigenvalue weighted by atomic mass is 35.5. The number of ether oxygens (including phenoxy) is 1. The zero-order valence-electron chi connectivity index (χ0n) is 20.1. The number of β-amino-alcohol motifs (C(OH)–C–C–N with tert-alkyl or cyclic N) is 1. The molecule has 0 spiro atoms. The lowest BCUT2D eigenvalue weighted by molar-refractivity contribution is -0.137. The standard InChI is InChI=1S/C27H33F2NO4.ClH/c1-4-18(13-25(32)33)21-11-23(28)26(29)24(12-21)34-16-22(31)15-30-27(2,3)14-17-9-19-7-5-6-8-20(19)10-17;/h4-8,11-12,17-18,22,30-31H,1,9-10,13-16H2,2-3H3,(H,32,33);1H/t18?,22-;/m1./s1. The van der Waals surface area contributed by atoms with Crippen molar-refractivity contribution in [2.45, 2.75) is 57.1 Å². The number of aliphatic hydroxyl groups excluding tert-OH is 1. The van der Waals surface area contributed by atoms with E-state index in [4.69, 9.17) is 9.84 Å². The highest BCUT2D eigenvalue weighted by Crippen LogP contribution is 2.32. The van der Waals surface area contributed by atoms with Gasteiger partial charge in [0.25, 0.3) is 0 Å². The van der Waals surface area contributed by atoms with E-state index in [0.29, 0.717) is 5.92 Å². The highest BCUT2D eigenvalue weighted by Gasteiger charge is 2.28. The molecule has 0 radical (unpaired) electrons. The molecule has 1 aliphatic rings. The average molecular weight is 510 g/mol. The number of carbonyl (C=O) groups is 1. The van der Waals surface area contributed by atoms with Gasteiger partial charge in [-0.1, -0.05) is 30.3 Å². The minimum atomic E-state index is -1.18. The maximum absolute atomic E-state index is 14.2. The van der Waals surface area contributed by atoms with E-state index in [1.165, 1.54) is 23.3 Å². The maximum atomic E-state index is 14.2. The van der Waals surface area contributed by atoms with Crippen molar-refractivity contribution in [3.05, 3.63) is 77.4 Å². The molecule has 8 heteroatoms. The van der Waals surface area contributed by atoms with Crippen LogP contribution in [-0.2, 0) is 17.6 Å². The van der Waals surface area contributed by atoms with Crippen LogP contribution in [0.4, 0.5) is 8.78 Å². The van der Waals surface area contributed by atoms with Gasteiger partial charge in [0, 0.05) is 18.0 Å². The third-order valence-electron chi connectivity index (χ3n) is 6.31. The summed E-state index contributed by atoms with van der Waals surface area (Å²) < 4.78 is 33.7. The van der Waals surface area contributed by atoms with Gasteiger partial charge in [-0.3, -0.25) is 4.79 Å². The summed E-state index contributed by atoms with van der Waals surface area (Å²) in [7, 11) is 0. The smallest absolute Gasteiger partial charge is 0.304 e. The van der Waals surface area contributed by atoms with Crippen LogP contribution >= 0.6 is 12.4 Å². The molecule has 35 heavy (non-hydrogen) atoms. The fraction of sp³-hybridized carbons (Fsp3) is 0.444. The Kier molecular flexibility index (Phi) is 10.2. The lowest BCUT2D eigenvalue weighted by Gasteiger charge is -2.30. The lowest BCUT2D eigenvalue weighted by atomic mass is 9.88. The van der Waals surface area contributed by atoms with Gasteiger partial charge < -0.3 is 20.3 Å². The molecule has 0 aromatic heterocycles. The van der Waals surface area contributed by atoms with Gasteiger partial charge in [-0.2, -0.15) is 4.39 Å². The average Bonchev–Trinajstić information content (AvgIpc) is 3.18. The number of benzene rings is 2. The van der Waals surface area contributed by atoms with E-state index >= 15 is 0 Å². The van der Waals surface area contributed by atoms with E-state index in [-0.39, 0.29) is 48.8 Å². The summed E-state index contributed by atoms with van der Waals surface area (Å²) in [5.74, 6) is -3.93. The Bertz CT molecular complexity index is 1010. The second-order valence-corrected chi connectivity index (χ2v) is 9.73. The molecule has 3 rings (SSSR count). The number of allylic oxidation sites excluding steroid dienone is 1. The predicted octanol–water partition coefficient (Wildman–Crippen LogP) is 5.04. The molecule has 0 amide bonds. The molecule has 1 aliphatic carbocycles. The number of fused-ring (bicyclic) bond motifs is 1. The Balaban J connectivity index is 0.00000432. The van der Waals surface area contributed by atoms with Gasteiger partial charge in [-0.05, 0) is 67.9 Å². The van der Waals surface area contributed by atoms with Crippen molar-refractivity contribution in [3.63, 3.8) is 0 Å². The summed E-state index contributed by atoms with van der Waals surface area (Å²) in [4.78, 5) is 11.0. The van der Waals surface area contributed by atoms with Crippen molar-refractivity contribution in [1.82, 2.24) is 5.32 Å². The van der Waals surface area contributed by atoms with Crippen LogP contribution in [0.2, 0.25) is 0 Å². The van der Waals surface area contributed by atoms with Crippen LogP contribution in [-0.4, -0.2) is 41.0 Å². The van der Waals surface area contributed by atoms with Crippen molar-refractivity contribution in [1.29, 1.82) is 0 Å². The van der Waals surface area contributed by atoms with Crippen LogP contribution in [0, 0.1) is 17.6 Å². The first-order chi connectivity index (χ1) is 16.1. The molecule has 0 heterocycles. The van der Waals surface area contributed by atoms with Crippen molar-refractivity contribution in [2.75, 3.05) is 13.2 Å². The number of hydrogen-bond donors (Lipinski definition) is 3. The zero-order valence-corrected chi connectivity index (χ0v) is 20.9. The number of nitrogens with one attached hydrogen (secondary N) is 1. The van der Waals surface area contributed by atoms with Crippen molar-refractivity contribution < 1.29 is 28.5 Å². The van der Waals surface area contributed by atoms with Crippen molar-refractivity contribution in [2.24, 2.45) is 5.92 Å². The largest absolute Gasteiger partial charge is 0.488 e. The Morgan fingerprint density at radius 3 is 2.46 bits per heavy atom. The molecule has 2 aromatic rings. The molecule has 3 N–H and O–H groups in total. The highest BCUT2D eigenvalue weighted by molar-refractivity contribution is 5.85. The van der Waals surface area contributed by atoms with Gasteiger partial charge in [0.05, 0.1) is 6.42 Å². The van der Waals surface area contributed by atoms with Gasteiger partial charge in [0.15, 0.2) is 11.6 Å². The molecule has 0 saturated carbocycles. The second kappa shape index (κ2) is 12.5. The quantitative estimate of drug-likeness (QED) is 0.349. The van der Waals surface area contributed by atoms with Gasteiger partial charge >= 0.3 is 5.97 Å². The summed E-state index contributed by atoms with van der Waals surface area (Å²) in [6.07, 6.45) is 3.14. The number of halogens is 3. The Hall–Kier alpha value is -2.48. The van der Waals surface area contributed by atoms with Crippen molar-refractivity contribution >= 4 is 18.4 Å². The van der Waals surface area contributed by atoms with Crippen LogP contribution in [0.25, 0.3) is 0 Å². The molecule has 5 nitrogen and oxygen atoms in total. The van der Waals surface area contributed by atoms with E-state index in [9.17, 15) is 18.7 Å². The van der Waals surface area contributed by atoms with Gasteiger partial charge in [0.1, 0.15) is 12.7 Å². The Morgan fingerprint density at radius 2 is 1.89 bits per heavy atom.